The quantitative estimate of drug-likeness (QED) is 0.0216. The first-order valence-electron chi connectivity index (χ1n) is 17.9. The Hall–Kier alpha value is -6.63. The van der Waals surface area contributed by atoms with Gasteiger partial charge in [0, 0.05) is 22.4 Å². The summed E-state index contributed by atoms with van der Waals surface area (Å²) in [4.78, 5) is 51.0. The van der Waals surface area contributed by atoms with Crippen molar-refractivity contribution in [3.8, 4) is 23.0 Å². The van der Waals surface area contributed by atoms with Crippen LogP contribution in [0.25, 0.3) is 11.5 Å². The number of amides is 2. The highest BCUT2D eigenvalue weighted by Crippen LogP contribution is 2.43. The number of phenols is 2. The molecule has 4 heterocycles. The molecule has 0 aliphatic carbocycles. The van der Waals surface area contributed by atoms with Gasteiger partial charge in [-0.1, -0.05) is 108 Å². The number of rotatable bonds is 14. The number of carboxylic acid groups (broad SMARTS) is 1. The van der Waals surface area contributed by atoms with Crippen LogP contribution in [-0.2, 0) is 24.8 Å². The molecule has 1 fully saturated rings. The number of thiazole rings is 1. The second kappa shape index (κ2) is 16.7. The van der Waals surface area contributed by atoms with E-state index in [0.29, 0.717) is 16.3 Å². The molecule has 8 rings (SSSR count). The molecule has 2 amide bonds. The number of carbonyl (C=O) groups excluding carboxylic acids is 2. The number of phenolic OH excluding ortho intramolecular Hbond substituents is 2. The van der Waals surface area contributed by atoms with Gasteiger partial charge in [-0.2, -0.15) is 0 Å². The lowest BCUT2D eigenvalue weighted by atomic mass is 9.77. The highest BCUT2D eigenvalue weighted by molar-refractivity contribution is 8.01. The lowest BCUT2D eigenvalue weighted by Gasteiger charge is -2.49. The van der Waals surface area contributed by atoms with Gasteiger partial charge in [0.1, 0.15) is 35.5 Å². The number of anilines is 1. The average molecular weight is 848 g/mol. The molecule has 0 radical (unpaired) electrons. The number of β-lactam (4-membered cyclic amide) rings is 1. The molecule has 0 spiro atoms. The number of carbonyl (C=O) groups is 3. The van der Waals surface area contributed by atoms with Crippen LogP contribution in [0.1, 0.15) is 22.4 Å². The maximum Gasteiger partial charge on any atom is 0.352 e. The topological polar surface area (TPSA) is 213 Å². The van der Waals surface area contributed by atoms with Crippen LogP contribution in [0.15, 0.2) is 141 Å². The van der Waals surface area contributed by atoms with Gasteiger partial charge in [0.2, 0.25) is 5.89 Å². The van der Waals surface area contributed by atoms with Crippen molar-refractivity contribution in [2.45, 2.75) is 22.2 Å². The SMILES string of the molecule is CON=C(C(=O)N[C@@H]1C(=O)N2C(C(=O)O)=C(CSc3nnc(-c4ccc(O)c(O)c4)o3)CS[C@@H]12)c1csc(NC(c2ccccc2)(c2ccccc2)c2ccccc2)n1. The number of fused-ring (bicyclic) bond motifs is 1. The molecule has 2 aliphatic rings. The molecular weight excluding hydrogens is 815 g/mol. The third-order valence-electron chi connectivity index (χ3n) is 9.59. The number of oxime groups is 1. The molecule has 2 atom stereocenters. The predicted molar refractivity (Wildman–Crippen MR) is 222 cm³/mol. The van der Waals surface area contributed by atoms with Crippen LogP contribution in [0, 0.1) is 0 Å². The van der Waals surface area contributed by atoms with Gasteiger partial charge in [-0.15, -0.1) is 33.3 Å². The second-order valence-electron chi connectivity index (χ2n) is 13.1. The predicted octanol–water partition coefficient (Wildman–Crippen LogP) is 5.89. The molecule has 59 heavy (non-hydrogen) atoms. The van der Waals surface area contributed by atoms with Crippen LogP contribution in [0.3, 0.4) is 0 Å². The molecule has 0 saturated carbocycles. The van der Waals surface area contributed by atoms with Gasteiger partial charge in [-0.05, 0) is 40.5 Å². The zero-order chi connectivity index (χ0) is 41.1. The minimum absolute atomic E-state index is 0.0889. The zero-order valence-corrected chi connectivity index (χ0v) is 33.3. The normalized spacial score (nSPS) is 16.6. The molecule has 1 saturated heterocycles. The summed E-state index contributed by atoms with van der Waals surface area (Å²) in [5.74, 6) is -2.82. The highest BCUT2D eigenvalue weighted by Gasteiger charge is 2.54. The van der Waals surface area contributed by atoms with Crippen molar-refractivity contribution < 1.29 is 39.0 Å². The maximum absolute atomic E-state index is 13.9. The van der Waals surface area contributed by atoms with E-state index >= 15 is 0 Å². The molecule has 18 heteroatoms. The van der Waals surface area contributed by atoms with Gasteiger partial charge in [0.25, 0.3) is 17.0 Å². The Morgan fingerprint density at radius 3 is 2.19 bits per heavy atom. The molecule has 5 N–H and O–H groups in total. The Bertz CT molecular complexity index is 2490. The van der Waals surface area contributed by atoms with E-state index in [1.54, 1.807) is 5.38 Å². The van der Waals surface area contributed by atoms with Gasteiger partial charge in [-0.25, -0.2) is 9.78 Å². The number of benzene rings is 4. The van der Waals surface area contributed by atoms with Crippen LogP contribution in [0.4, 0.5) is 5.13 Å². The molecule has 0 unspecified atom stereocenters. The lowest BCUT2D eigenvalue weighted by molar-refractivity contribution is -0.150. The van der Waals surface area contributed by atoms with Gasteiger partial charge < -0.3 is 35.2 Å². The minimum Gasteiger partial charge on any atom is -0.504 e. The van der Waals surface area contributed by atoms with Gasteiger partial charge in [0.05, 0.1) is 0 Å². The fraction of sp³-hybridized carbons (Fsp3) is 0.146. The largest absolute Gasteiger partial charge is 0.504 e. The molecular formula is C41H33N7O8S3. The average Bonchev–Trinajstić information content (AvgIpc) is 3.94. The first-order valence-corrected chi connectivity index (χ1v) is 20.8. The van der Waals surface area contributed by atoms with Crippen LogP contribution < -0.4 is 10.6 Å². The third-order valence-corrected chi connectivity index (χ3v) is 12.6. The summed E-state index contributed by atoms with van der Waals surface area (Å²) in [5.41, 5.74) is 2.69. The number of aromatic nitrogens is 3. The number of nitrogens with zero attached hydrogens (tertiary/aromatic N) is 5. The standard InChI is InChI=1S/C41H33N7O8S3/c1-55-47-31(28-22-58-39(42-28)44-41(25-11-5-2-6-12-25,26-13-7-3-8-14-26)27-15-9-4-10-16-27)34(51)43-32-36(52)48-33(38(53)54)24(20-57-37(32)48)21-59-40-46-45-35(56-40)23-17-18-29(49)30(50)19-23/h2-19,22,32,37,49-50H,20-21H2,1H3,(H,42,44)(H,43,51)(H,53,54)/t32-,37+/m1/s1. The fourth-order valence-corrected chi connectivity index (χ4v) is 9.87. The van der Waals surface area contributed by atoms with E-state index in [-0.39, 0.29) is 51.2 Å². The van der Waals surface area contributed by atoms with E-state index in [1.807, 2.05) is 91.0 Å². The summed E-state index contributed by atoms with van der Waals surface area (Å²) < 4.78 is 5.67. The minimum atomic E-state index is -1.29. The smallest absolute Gasteiger partial charge is 0.352 e. The van der Waals surface area contributed by atoms with Crippen LogP contribution in [0.5, 0.6) is 11.5 Å². The zero-order valence-electron chi connectivity index (χ0n) is 30.9. The van der Waals surface area contributed by atoms with Crippen molar-refractivity contribution in [3.63, 3.8) is 0 Å². The van der Waals surface area contributed by atoms with Gasteiger partial charge in [0.15, 0.2) is 22.3 Å². The second-order valence-corrected chi connectivity index (χ2v) is 16.0. The van der Waals surface area contributed by atoms with Gasteiger partial charge >= 0.3 is 5.97 Å². The monoisotopic (exact) mass is 847 g/mol. The lowest BCUT2D eigenvalue weighted by Crippen LogP contribution is -2.71. The number of thioether (sulfide) groups is 2. The number of hydrogen-bond acceptors (Lipinski definition) is 15. The van der Waals surface area contributed by atoms with Crippen molar-refractivity contribution in [2.75, 3.05) is 23.9 Å². The number of nitrogens with one attached hydrogen (secondary N) is 2. The molecule has 298 valence electrons. The van der Waals surface area contributed by atoms with Crippen molar-refractivity contribution in [1.29, 1.82) is 0 Å². The molecule has 4 aromatic carbocycles. The van der Waals surface area contributed by atoms with Crippen molar-refractivity contribution in [1.82, 2.24) is 25.4 Å². The van der Waals surface area contributed by atoms with E-state index in [1.165, 1.54) is 53.3 Å². The third kappa shape index (κ3) is 7.60. The highest BCUT2D eigenvalue weighted by atomic mass is 32.2. The number of aromatic hydroxyl groups is 2. The van der Waals surface area contributed by atoms with E-state index in [9.17, 15) is 29.7 Å². The molecule has 2 aliphatic heterocycles. The maximum atomic E-state index is 13.9. The summed E-state index contributed by atoms with van der Waals surface area (Å²) in [5, 5.41) is 49.6. The molecule has 6 aromatic rings. The van der Waals surface area contributed by atoms with Crippen LogP contribution in [0.2, 0.25) is 0 Å². The summed E-state index contributed by atoms with van der Waals surface area (Å²) in [6, 6.07) is 33.0. The molecule has 15 nitrogen and oxygen atoms in total. The molecule has 0 bridgehead atoms. The van der Waals surface area contributed by atoms with Crippen LogP contribution in [-0.4, -0.2) is 88.9 Å². The van der Waals surface area contributed by atoms with E-state index in [4.69, 9.17) is 14.2 Å². The van der Waals surface area contributed by atoms with E-state index in [0.717, 1.165) is 28.5 Å². The van der Waals surface area contributed by atoms with Crippen molar-refractivity contribution in [2.24, 2.45) is 5.16 Å². The first-order chi connectivity index (χ1) is 28.7. The van der Waals surface area contributed by atoms with E-state index in [2.05, 4.69) is 26.0 Å². The van der Waals surface area contributed by atoms with E-state index < -0.39 is 34.7 Å². The Morgan fingerprint density at radius 2 is 1.59 bits per heavy atom. The number of carboxylic acids is 1. The number of hydrogen-bond donors (Lipinski definition) is 5. The Kier molecular flexibility index (Phi) is 11.1. The summed E-state index contributed by atoms with van der Waals surface area (Å²) in [7, 11) is 1.30. The van der Waals surface area contributed by atoms with Crippen molar-refractivity contribution in [3.05, 3.63) is 148 Å². The summed E-state index contributed by atoms with van der Waals surface area (Å²) >= 11 is 3.66. The summed E-state index contributed by atoms with van der Waals surface area (Å²) in [6.45, 7) is 0. The van der Waals surface area contributed by atoms with Gasteiger partial charge in [-0.3, -0.25) is 14.5 Å². The molecule has 2 aromatic heterocycles. The fourth-order valence-electron chi connectivity index (χ4n) is 6.87. The number of aliphatic carboxylic acids is 1. The summed E-state index contributed by atoms with van der Waals surface area (Å²) in [6.07, 6.45) is 0. The Morgan fingerprint density at radius 1 is 0.949 bits per heavy atom. The van der Waals surface area contributed by atoms with Crippen molar-refractivity contribution >= 4 is 63.5 Å². The first kappa shape index (κ1) is 39.2. The van der Waals surface area contributed by atoms with Crippen LogP contribution >= 0.6 is 34.9 Å². The Balaban J connectivity index is 0.991. The Labute approximate surface area is 348 Å².